The number of benzene rings is 1. The van der Waals surface area contributed by atoms with E-state index in [9.17, 15) is 4.79 Å². The Hall–Kier alpha value is -2.83. The summed E-state index contributed by atoms with van der Waals surface area (Å²) < 4.78 is 1.95. The van der Waals surface area contributed by atoms with Crippen molar-refractivity contribution >= 4 is 11.9 Å². The summed E-state index contributed by atoms with van der Waals surface area (Å²) in [4.78, 5) is 18.1. The van der Waals surface area contributed by atoms with Gasteiger partial charge in [0.2, 0.25) is 5.91 Å². The Labute approximate surface area is 161 Å². The monoisotopic (exact) mass is 370 g/mol. The molecule has 2 rings (SSSR count). The van der Waals surface area contributed by atoms with Crippen LogP contribution >= 0.6 is 0 Å². The van der Waals surface area contributed by atoms with Crippen LogP contribution in [0.2, 0.25) is 0 Å². The van der Waals surface area contributed by atoms with Crippen molar-refractivity contribution in [2.24, 2.45) is 4.99 Å². The van der Waals surface area contributed by atoms with Crippen LogP contribution in [0, 0.1) is 13.8 Å². The third-order valence-electron chi connectivity index (χ3n) is 4.09. The van der Waals surface area contributed by atoms with Crippen molar-refractivity contribution in [3.63, 3.8) is 0 Å². The van der Waals surface area contributed by atoms with E-state index in [1.165, 1.54) is 0 Å². The molecule has 1 aromatic carbocycles. The largest absolute Gasteiger partial charge is 0.356 e. The fourth-order valence-corrected chi connectivity index (χ4v) is 2.62. The molecule has 146 valence electrons. The molecule has 0 unspecified atom stereocenters. The van der Waals surface area contributed by atoms with Gasteiger partial charge in [0.25, 0.3) is 0 Å². The Morgan fingerprint density at radius 3 is 2.59 bits per heavy atom. The van der Waals surface area contributed by atoms with Crippen LogP contribution in [-0.4, -0.2) is 53.7 Å². The Balaban J connectivity index is 2.19. The van der Waals surface area contributed by atoms with Crippen LogP contribution in [0.4, 0.5) is 0 Å². The van der Waals surface area contributed by atoms with E-state index in [2.05, 4.69) is 39.8 Å². The van der Waals surface area contributed by atoms with Crippen molar-refractivity contribution in [3.05, 3.63) is 47.3 Å². The lowest BCUT2D eigenvalue weighted by molar-refractivity contribution is -0.127. The number of hydrogen-bond donors (Lipinski definition) is 2. The first kappa shape index (κ1) is 20.5. The molecule has 0 saturated carbocycles. The number of rotatable bonds is 7. The maximum absolute atomic E-state index is 11.8. The number of carbonyl (C=O) groups is 1. The average Bonchev–Trinajstić information content (AvgIpc) is 2.99. The van der Waals surface area contributed by atoms with E-state index in [1.807, 2.05) is 36.7 Å². The quantitative estimate of drug-likeness (QED) is 0.578. The molecule has 1 amide bonds. The lowest BCUT2D eigenvalue weighted by Gasteiger charge is -2.15. The van der Waals surface area contributed by atoms with Gasteiger partial charge in [-0.15, -0.1) is 0 Å². The summed E-state index contributed by atoms with van der Waals surface area (Å²) in [6, 6.07) is 10.2. The second-order valence-electron chi connectivity index (χ2n) is 6.70. The van der Waals surface area contributed by atoms with Gasteiger partial charge in [0.1, 0.15) is 0 Å². The van der Waals surface area contributed by atoms with Crippen LogP contribution in [-0.2, 0) is 11.3 Å². The van der Waals surface area contributed by atoms with Crippen molar-refractivity contribution < 1.29 is 4.79 Å². The molecule has 1 heterocycles. The highest BCUT2D eigenvalue weighted by atomic mass is 16.2. The van der Waals surface area contributed by atoms with E-state index in [4.69, 9.17) is 0 Å². The van der Waals surface area contributed by atoms with Gasteiger partial charge in [-0.2, -0.15) is 5.10 Å². The second kappa shape index (κ2) is 9.75. The summed E-state index contributed by atoms with van der Waals surface area (Å²) in [7, 11) is 3.48. The molecule has 0 radical (unpaired) electrons. The predicted octanol–water partition coefficient (Wildman–Crippen LogP) is 2.02. The van der Waals surface area contributed by atoms with E-state index >= 15 is 0 Å². The fourth-order valence-electron chi connectivity index (χ4n) is 2.62. The average molecular weight is 371 g/mol. The molecule has 0 atom stereocenters. The van der Waals surface area contributed by atoms with Gasteiger partial charge in [0.05, 0.1) is 24.5 Å². The van der Waals surface area contributed by atoms with Gasteiger partial charge in [0.15, 0.2) is 5.96 Å². The zero-order chi connectivity index (χ0) is 19.8. The second-order valence-corrected chi connectivity index (χ2v) is 6.70. The van der Waals surface area contributed by atoms with E-state index in [1.54, 1.807) is 19.0 Å². The molecule has 0 bridgehead atoms. The maximum atomic E-state index is 11.8. The highest BCUT2D eigenvalue weighted by molar-refractivity contribution is 5.86. The molecule has 2 N–H and O–H groups in total. The number of likely N-dealkylation sites (N-methyl/N-ethyl adjacent to an activating group) is 1. The fraction of sp³-hybridized carbons (Fsp3) is 0.450. The first-order valence-corrected chi connectivity index (χ1v) is 9.26. The molecule has 7 nitrogen and oxygen atoms in total. The van der Waals surface area contributed by atoms with Gasteiger partial charge in [-0.25, -0.2) is 9.67 Å². The smallest absolute Gasteiger partial charge is 0.241 e. The molecule has 0 aliphatic heterocycles. The molecule has 1 aromatic heterocycles. The van der Waals surface area contributed by atoms with Crippen molar-refractivity contribution in [2.75, 3.05) is 27.2 Å². The Kier molecular flexibility index (Phi) is 7.40. The van der Waals surface area contributed by atoms with Crippen LogP contribution in [0.3, 0.4) is 0 Å². The highest BCUT2D eigenvalue weighted by Gasteiger charge is 2.09. The van der Waals surface area contributed by atoms with Crippen LogP contribution in [0.25, 0.3) is 5.69 Å². The number of guanidine groups is 1. The Morgan fingerprint density at radius 1 is 1.22 bits per heavy atom. The topological polar surface area (TPSA) is 74.5 Å². The van der Waals surface area contributed by atoms with Gasteiger partial charge < -0.3 is 15.5 Å². The molecular formula is C20H30N6O. The number of nitrogens with one attached hydrogen (secondary N) is 2. The molecule has 27 heavy (non-hydrogen) atoms. The van der Waals surface area contributed by atoms with Gasteiger partial charge >= 0.3 is 0 Å². The van der Waals surface area contributed by atoms with E-state index in [0.29, 0.717) is 12.5 Å². The molecule has 0 spiro atoms. The number of carbonyl (C=O) groups excluding carboxylic acids is 1. The number of aromatic nitrogens is 2. The summed E-state index contributed by atoms with van der Waals surface area (Å²) in [6.07, 6.45) is 0.977. The lowest BCUT2D eigenvalue weighted by atomic mass is 10.2. The zero-order valence-corrected chi connectivity index (χ0v) is 16.9. The molecule has 0 saturated heterocycles. The third-order valence-corrected chi connectivity index (χ3v) is 4.09. The number of amides is 1. The van der Waals surface area contributed by atoms with Crippen LogP contribution < -0.4 is 10.6 Å². The normalized spacial score (nSPS) is 11.4. The molecule has 0 aliphatic rings. The maximum Gasteiger partial charge on any atom is 0.241 e. The molecule has 7 heteroatoms. The van der Waals surface area contributed by atoms with Crippen molar-refractivity contribution in [3.8, 4) is 5.69 Å². The summed E-state index contributed by atoms with van der Waals surface area (Å²) in [5.74, 6) is 0.638. The SMILES string of the molecule is CCCNC(=NCc1ccccc1-n1nc(C)cc1C)NCC(=O)N(C)C. The molecule has 0 fully saturated rings. The molecule has 0 aliphatic carbocycles. The predicted molar refractivity (Wildman–Crippen MR) is 109 cm³/mol. The first-order valence-electron chi connectivity index (χ1n) is 9.26. The van der Waals surface area contributed by atoms with Gasteiger partial charge in [-0.05, 0) is 38.0 Å². The van der Waals surface area contributed by atoms with Crippen molar-refractivity contribution in [1.29, 1.82) is 0 Å². The molecular weight excluding hydrogens is 340 g/mol. The Morgan fingerprint density at radius 2 is 1.96 bits per heavy atom. The van der Waals surface area contributed by atoms with E-state index < -0.39 is 0 Å². The van der Waals surface area contributed by atoms with Crippen molar-refractivity contribution in [2.45, 2.75) is 33.7 Å². The van der Waals surface area contributed by atoms with Crippen LogP contribution in [0.15, 0.2) is 35.3 Å². The summed E-state index contributed by atoms with van der Waals surface area (Å²) in [5.41, 5.74) is 4.16. The van der Waals surface area contributed by atoms with Gasteiger partial charge in [-0.1, -0.05) is 25.1 Å². The minimum absolute atomic E-state index is 0.00374. The van der Waals surface area contributed by atoms with Crippen molar-refractivity contribution in [1.82, 2.24) is 25.3 Å². The zero-order valence-electron chi connectivity index (χ0n) is 16.9. The summed E-state index contributed by atoms with van der Waals surface area (Å²) in [6.45, 7) is 7.62. The Bertz CT molecular complexity index is 794. The number of aliphatic imine (C=N–C) groups is 1. The van der Waals surface area contributed by atoms with Crippen LogP contribution in [0.5, 0.6) is 0 Å². The minimum Gasteiger partial charge on any atom is -0.356 e. The number of hydrogen-bond acceptors (Lipinski definition) is 3. The molecule has 2 aromatic rings. The lowest BCUT2D eigenvalue weighted by Crippen LogP contribution is -2.43. The third kappa shape index (κ3) is 5.84. The summed E-state index contributed by atoms with van der Waals surface area (Å²) >= 11 is 0. The highest BCUT2D eigenvalue weighted by Crippen LogP contribution is 2.17. The number of para-hydroxylation sites is 1. The summed E-state index contributed by atoms with van der Waals surface area (Å²) in [5, 5.41) is 10.9. The standard InChI is InChI=1S/C20H30N6O/c1-6-11-21-20(23-14-19(27)25(4)5)22-13-17-9-7-8-10-18(17)26-16(3)12-15(2)24-26/h7-10,12H,6,11,13-14H2,1-5H3,(H2,21,22,23). The van der Waals surface area contributed by atoms with E-state index in [0.717, 1.165) is 35.6 Å². The number of aryl methyl sites for hydroxylation is 2. The first-order chi connectivity index (χ1) is 12.9. The number of nitrogens with zero attached hydrogens (tertiary/aromatic N) is 4. The van der Waals surface area contributed by atoms with Gasteiger partial charge in [-0.3, -0.25) is 4.79 Å². The van der Waals surface area contributed by atoms with Crippen LogP contribution in [0.1, 0.15) is 30.3 Å². The van der Waals surface area contributed by atoms with E-state index in [-0.39, 0.29) is 12.5 Å². The van der Waals surface area contributed by atoms with Gasteiger partial charge in [0, 0.05) is 26.3 Å². The minimum atomic E-state index is 0.00374.